The summed E-state index contributed by atoms with van der Waals surface area (Å²) in [5, 5.41) is 4.45. The number of hydrogen-bond acceptors (Lipinski definition) is 4. The fourth-order valence-electron chi connectivity index (χ4n) is 7.02. The van der Waals surface area contributed by atoms with E-state index >= 15 is 4.79 Å². The second-order valence-corrected chi connectivity index (χ2v) is 10.8. The van der Waals surface area contributed by atoms with Crippen molar-refractivity contribution in [3.63, 3.8) is 0 Å². The first-order valence-corrected chi connectivity index (χ1v) is 14.0. The average Bonchev–Trinajstić information content (AvgIpc) is 3.05. The van der Waals surface area contributed by atoms with Crippen molar-refractivity contribution in [2.45, 2.75) is 11.5 Å². The maximum atomic E-state index is 15.1. The van der Waals surface area contributed by atoms with Gasteiger partial charge in [0.15, 0.2) is 0 Å². The van der Waals surface area contributed by atoms with Crippen LogP contribution in [0.4, 0.5) is 5.69 Å². The molecule has 0 N–H and O–H groups in total. The topological polar surface area (TPSA) is 48.0 Å². The van der Waals surface area contributed by atoms with E-state index in [1.807, 2.05) is 71.6 Å². The first-order chi connectivity index (χ1) is 20.7. The summed E-state index contributed by atoms with van der Waals surface area (Å²) in [5.74, 6) is 2.59. The molecule has 0 saturated carbocycles. The van der Waals surface area contributed by atoms with Gasteiger partial charge < -0.3 is 14.2 Å². The van der Waals surface area contributed by atoms with E-state index in [0.717, 1.165) is 38.2 Å². The fourth-order valence-corrected chi connectivity index (χ4v) is 7.02. The molecule has 6 aromatic rings. The average molecular weight is 550 g/mol. The van der Waals surface area contributed by atoms with E-state index in [2.05, 4.69) is 54.6 Å². The molecule has 0 radical (unpaired) electrons. The van der Waals surface area contributed by atoms with Crippen LogP contribution in [-0.4, -0.2) is 20.1 Å². The van der Waals surface area contributed by atoms with E-state index in [0.29, 0.717) is 28.7 Å². The summed E-state index contributed by atoms with van der Waals surface area (Å²) in [6.45, 7) is 0. The molecular formula is C37H27NO4. The number of rotatable bonds is 4. The molecule has 1 fully saturated rings. The number of hydrogen-bond donors (Lipinski definition) is 0. The van der Waals surface area contributed by atoms with Gasteiger partial charge in [0.2, 0.25) is 5.91 Å². The Balaban J connectivity index is 1.52. The number of ether oxygens (including phenoxy) is 3. The maximum Gasteiger partial charge on any atom is 0.245 e. The number of para-hydroxylation sites is 2. The van der Waals surface area contributed by atoms with E-state index in [1.165, 1.54) is 0 Å². The number of benzene rings is 6. The molecule has 2 aliphatic heterocycles. The van der Waals surface area contributed by atoms with Gasteiger partial charge >= 0.3 is 0 Å². The third-order valence-electron chi connectivity index (χ3n) is 8.80. The molecule has 1 saturated heterocycles. The van der Waals surface area contributed by atoms with Gasteiger partial charge in [-0.15, -0.1) is 0 Å². The zero-order valence-corrected chi connectivity index (χ0v) is 23.2. The van der Waals surface area contributed by atoms with Gasteiger partial charge in [-0.1, -0.05) is 84.9 Å². The largest absolute Gasteiger partial charge is 0.497 e. The van der Waals surface area contributed by atoms with Crippen LogP contribution in [0.5, 0.6) is 23.0 Å². The molecule has 2 heterocycles. The van der Waals surface area contributed by atoms with Gasteiger partial charge in [0.25, 0.3) is 0 Å². The van der Waals surface area contributed by atoms with Gasteiger partial charge in [-0.05, 0) is 57.4 Å². The number of methoxy groups -OCH3 is 2. The highest BCUT2D eigenvalue weighted by molar-refractivity contribution is 6.17. The highest BCUT2D eigenvalue weighted by Crippen LogP contribution is 2.65. The van der Waals surface area contributed by atoms with Crippen molar-refractivity contribution in [1.29, 1.82) is 0 Å². The molecule has 1 spiro atoms. The van der Waals surface area contributed by atoms with E-state index in [1.54, 1.807) is 14.2 Å². The van der Waals surface area contributed by atoms with Crippen LogP contribution in [0.25, 0.3) is 21.5 Å². The summed E-state index contributed by atoms with van der Waals surface area (Å²) >= 11 is 0. The standard InChI is InChI=1S/C37H27NO4/c1-40-25-19-20-30(33(22-25)41-2)38-35(34-26-13-5-3-11-23(26)21-24-12-4-6-14-27(24)34)37(36(38)39)28-15-7-9-17-31(28)42-32-18-10-8-16-29(32)37/h3-22,35H,1-2H3/t35-/m1/s1. The summed E-state index contributed by atoms with van der Waals surface area (Å²) in [7, 11) is 3.25. The van der Waals surface area contributed by atoms with E-state index < -0.39 is 11.5 Å². The molecule has 42 heavy (non-hydrogen) atoms. The lowest BCUT2D eigenvalue weighted by Crippen LogP contribution is -2.67. The quantitative estimate of drug-likeness (QED) is 0.164. The molecule has 6 aromatic carbocycles. The van der Waals surface area contributed by atoms with Gasteiger partial charge in [-0.2, -0.15) is 0 Å². The van der Waals surface area contributed by atoms with Crippen molar-refractivity contribution in [3.8, 4) is 23.0 Å². The highest BCUT2D eigenvalue weighted by Gasteiger charge is 2.67. The van der Waals surface area contributed by atoms with Crippen molar-refractivity contribution in [2.24, 2.45) is 0 Å². The molecule has 2 aliphatic rings. The predicted octanol–water partition coefficient (Wildman–Crippen LogP) is 8.19. The van der Waals surface area contributed by atoms with Crippen LogP contribution in [-0.2, 0) is 10.2 Å². The zero-order valence-electron chi connectivity index (χ0n) is 23.2. The monoisotopic (exact) mass is 549 g/mol. The van der Waals surface area contributed by atoms with E-state index in [-0.39, 0.29) is 5.91 Å². The molecule has 0 aromatic heterocycles. The first kappa shape index (κ1) is 24.5. The molecule has 8 rings (SSSR count). The second kappa shape index (κ2) is 9.11. The molecule has 0 unspecified atom stereocenters. The summed E-state index contributed by atoms with van der Waals surface area (Å²) in [6.07, 6.45) is 0. The summed E-state index contributed by atoms with van der Waals surface area (Å²) in [5.41, 5.74) is 2.48. The molecule has 1 amide bonds. The van der Waals surface area contributed by atoms with Crippen LogP contribution in [0.15, 0.2) is 121 Å². The molecule has 1 atom stereocenters. The van der Waals surface area contributed by atoms with Crippen LogP contribution >= 0.6 is 0 Å². The SMILES string of the molecule is COc1ccc(N2C(=O)C3(c4ccccc4Oc4ccccc43)[C@H]2c2c3ccccc3cc3ccccc23)c(OC)c1. The zero-order chi connectivity index (χ0) is 28.4. The summed E-state index contributed by atoms with van der Waals surface area (Å²) < 4.78 is 17.8. The number of carbonyl (C=O) groups is 1. The van der Waals surface area contributed by atoms with Crippen LogP contribution in [0.3, 0.4) is 0 Å². The van der Waals surface area contributed by atoms with Crippen molar-refractivity contribution >= 4 is 33.1 Å². The van der Waals surface area contributed by atoms with Crippen LogP contribution < -0.4 is 19.1 Å². The van der Waals surface area contributed by atoms with Gasteiger partial charge in [0.1, 0.15) is 28.4 Å². The maximum absolute atomic E-state index is 15.1. The lowest BCUT2D eigenvalue weighted by atomic mass is 9.57. The molecule has 5 heteroatoms. The van der Waals surface area contributed by atoms with Crippen LogP contribution in [0.1, 0.15) is 22.7 Å². The Labute approximate surface area is 243 Å². The normalized spacial score (nSPS) is 16.5. The molecule has 5 nitrogen and oxygen atoms in total. The van der Waals surface area contributed by atoms with Gasteiger partial charge in [-0.25, -0.2) is 0 Å². The smallest absolute Gasteiger partial charge is 0.245 e. The number of β-lactam (4-membered cyclic amide) rings is 1. The Morgan fingerprint density at radius 3 is 1.83 bits per heavy atom. The lowest BCUT2D eigenvalue weighted by molar-refractivity contribution is -0.131. The number of carbonyl (C=O) groups excluding carboxylic acids is 1. The second-order valence-electron chi connectivity index (χ2n) is 10.8. The number of nitrogens with zero attached hydrogens (tertiary/aromatic N) is 1. The third kappa shape index (κ3) is 3.16. The minimum atomic E-state index is -1.02. The number of fused-ring (bicyclic) bond motifs is 6. The Morgan fingerprint density at radius 2 is 1.24 bits per heavy atom. The van der Waals surface area contributed by atoms with Gasteiger partial charge in [0.05, 0.1) is 25.9 Å². The third-order valence-corrected chi connectivity index (χ3v) is 8.80. The fraction of sp³-hybridized carbons (Fsp3) is 0.108. The number of amides is 1. The molecular weight excluding hydrogens is 522 g/mol. The van der Waals surface area contributed by atoms with E-state index in [4.69, 9.17) is 14.2 Å². The Hall–Kier alpha value is -5.29. The first-order valence-electron chi connectivity index (χ1n) is 14.0. The van der Waals surface area contributed by atoms with Crippen molar-refractivity contribution < 1.29 is 19.0 Å². The van der Waals surface area contributed by atoms with Crippen molar-refractivity contribution in [2.75, 3.05) is 19.1 Å². The van der Waals surface area contributed by atoms with Crippen LogP contribution in [0.2, 0.25) is 0 Å². The summed E-state index contributed by atoms with van der Waals surface area (Å²) in [6, 6.07) is 40.2. The Kier molecular flexibility index (Phi) is 5.32. The summed E-state index contributed by atoms with van der Waals surface area (Å²) in [4.78, 5) is 17.0. The van der Waals surface area contributed by atoms with Crippen LogP contribution in [0, 0.1) is 0 Å². The van der Waals surface area contributed by atoms with Crippen molar-refractivity contribution in [3.05, 3.63) is 138 Å². The number of anilines is 1. The predicted molar refractivity (Wildman–Crippen MR) is 165 cm³/mol. The molecule has 0 bridgehead atoms. The van der Waals surface area contributed by atoms with E-state index in [9.17, 15) is 0 Å². The molecule has 204 valence electrons. The van der Waals surface area contributed by atoms with Crippen molar-refractivity contribution in [1.82, 2.24) is 0 Å². The Bertz CT molecular complexity index is 1950. The molecule has 0 aliphatic carbocycles. The highest BCUT2D eigenvalue weighted by atomic mass is 16.5. The minimum Gasteiger partial charge on any atom is -0.497 e. The minimum absolute atomic E-state index is 0.0313. The Morgan fingerprint density at radius 1 is 0.667 bits per heavy atom. The van der Waals surface area contributed by atoms with Gasteiger partial charge in [-0.3, -0.25) is 9.69 Å². The van der Waals surface area contributed by atoms with Gasteiger partial charge in [0, 0.05) is 17.2 Å². The lowest BCUT2D eigenvalue weighted by Gasteiger charge is -2.58.